The molecule has 120 valence electrons. The van der Waals surface area contributed by atoms with Gasteiger partial charge in [-0.1, -0.05) is 36.4 Å². The van der Waals surface area contributed by atoms with Crippen molar-refractivity contribution < 1.29 is 9.47 Å². The van der Waals surface area contributed by atoms with Gasteiger partial charge in [0.2, 0.25) is 0 Å². The third-order valence-corrected chi connectivity index (χ3v) is 3.62. The van der Waals surface area contributed by atoms with Gasteiger partial charge in [0.15, 0.2) is 0 Å². The predicted octanol–water partition coefficient (Wildman–Crippen LogP) is 4.84. The van der Waals surface area contributed by atoms with Crippen LogP contribution in [-0.4, -0.2) is 12.1 Å². The van der Waals surface area contributed by atoms with Crippen molar-refractivity contribution in [3.63, 3.8) is 0 Å². The Kier molecular flexibility index (Phi) is 5.25. The second-order valence-electron chi connectivity index (χ2n) is 5.32. The van der Waals surface area contributed by atoms with Crippen LogP contribution in [0.25, 0.3) is 12.2 Å². The minimum Gasteiger partial charge on any atom is -0.497 e. The molecule has 0 radical (unpaired) electrons. The SMILES string of the molecule is COc1ccc(OCc2ccc(C=Cc3ccncc3)cc2)cc1. The molecule has 0 saturated carbocycles. The van der Waals surface area contributed by atoms with E-state index in [9.17, 15) is 0 Å². The van der Waals surface area contributed by atoms with E-state index in [-0.39, 0.29) is 0 Å². The van der Waals surface area contributed by atoms with Gasteiger partial charge in [-0.15, -0.1) is 0 Å². The Balaban J connectivity index is 1.57. The first-order valence-electron chi connectivity index (χ1n) is 7.77. The summed E-state index contributed by atoms with van der Waals surface area (Å²) in [6.45, 7) is 0.542. The van der Waals surface area contributed by atoms with Crippen LogP contribution in [0.5, 0.6) is 11.5 Å². The molecule has 0 bridgehead atoms. The van der Waals surface area contributed by atoms with Crippen LogP contribution in [0.15, 0.2) is 73.1 Å². The molecule has 24 heavy (non-hydrogen) atoms. The summed E-state index contributed by atoms with van der Waals surface area (Å²) in [5.41, 5.74) is 3.42. The summed E-state index contributed by atoms with van der Waals surface area (Å²) >= 11 is 0. The molecular weight excluding hydrogens is 298 g/mol. The van der Waals surface area contributed by atoms with Crippen LogP contribution < -0.4 is 9.47 Å². The van der Waals surface area contributed by atoms with E-state index in [1.165, 1.54) is 0 Å². The summed E-state index contributed by atoms with van der Waals surface area (Å²) in [6.07, 6.45) is 7.74. The smallest absolute Gasteiger partial charge is 0.120 e. The number of rotatable bonds is 6. The van der Waals surface area contributed by atoms with Gasteiger partial charge in [0.1, 0.15) is 18.1 Å². The van der Waals surface area contributed by atoms with Gasteiger partial charge >= 0.3 is 0 Å². The van der Waals surface area contributed by atoms with Crippen LogP contribution in [0.4, 0.5) is 0 Å². The maximum atomic E-state index is 5.78. The number of aromatic nitrogens is 1. The fourth-order valence-electron chi connectivity index (χ4n) is 2.23. The molecule has 0 atom stereocenters. The lowest BCUT2D eigenvalue weighted by atomic mass is 10.1. The van der Waals surface area contributed by atoms with Gasteiger partial charge < -0.3 is 9.47 Å². The van der Waals surface area contributed by atoms with Crippen LogP contribution in [0, 0.1) is 0 Å². The van der Waals surface area contributed by atoms with Crippen molar-refractivity contribution in [3.05, 3.63) is 89.7 Å². The number of ether oxygens (including phenoxy) is 2. The molecule has 0 spiro atoms. The van der Waals surface area contributed by atoms with Gasteiger partial charge in [0, 0.05) is 12.4 Å². The normalized spacial score (nSPS) is 10.7. The fourth-order valence-corrected chi connectivity index (χ4v) is 2.23. The number of pyridine rings is 1. The van der Waals surface area contributed by atoms with Crippen LogP contribution in [0.2, 0.25) is 0 Å². The molecule has 3 heteroatoms. The van der Waals surface area contributed by atoms with E-state index < -0.39 is 0 Å². The topological polar surface area (TPSA) is 31.4 Å². The molecular formula is C21H19NO2. The van der Waals surface area contributed by atoms with Crippen molar-refractivity contribution in [3.8, 4) is 11.5 Å². The van der Waals surface area contributed by atoms with Crippen LogP contribution >= 0.6 is 0 Å². The number of methoxy groups -OCH3 is 1. The first-order chi connectivity index (χ1) is 11.8. The zero-order valence-electron chi connectivity index (χ0n) is 13.6. The van der Waals surface area contributed by atoms with Crippen molar-refractivity contribution in [2.75, 3.05) is 7.11 Å². The molecule has 3 rings (SSSR count). The summed E-state index contributed by atoms with van der Waals surface area (Å²) in [5.74, 6) is 1.66. The third kappa shape index (κ3) is 4.46. The lowest BCUT2D eigenvalue weighted by Crippen LogP contribution is -1.95. The highest BCUT2D eigenvalue weighted by Gasteiger charge is 1.97. The molecule has 1 heterocycles. The zero-order valence-corrected chi connectivity index (χ0v) is 13.6. The van der Waals surface area contributed by atoms with Crippen molar-refractivity contribution in [1.29, 1.82) is 0 Å². The first-order valence-corrected chi connectivity index (χ1v) is 7.77. The molecule has 0 aliphatic carbocycles. The van der Waals surface area contributed by atoms with Crippen molar-refractivity contribution in [1.82, 2.24) is 4.98 Å². The van der Waals surface area contributed by atoms with Crippen LogP contribution in [-0.2, 0) is 6.61 Å². The van der Waals surface area contributed by atoms with E-state index in [2.05, 4.69) is 41.4 Å². The second-order valence-corrected chi connectivity index (χ2v) is 5.32. The lowest BCUT2D eigenvalue weighted by Gasteiger charge is -2.07. The Morgan fingerprint density at radius 1 is 0.750 bits per heavy atom. The third-order valence-electron chi connectivity index (χ3n) is 3.62. The molecule has 3 aromatic rings. The van der Waals surface area contributed by atoms with E-state index in [4.69, 9.17) is 9.47 Å². The van der Waals surface area contributed by atoms with E-state index in [0.29, 0.717) is 6.61 Å². The van der Waals surface area contributed by atoms with Crippen molar-refractivity contribution in [2.24, 2.45) is 0 Å². The van der Waals surface area contributed by atoms with Gasteiger partial charge in [-0.3, -0.25) is 4.98 Å². The first kappa shape index (κ1) is 15.8. The monoisotopic (exact) mass is 317 g/mol. The summed E-state index contributed by atoms with van der Waals surface area (Å²) in [6, 6.07) is 19.9. The van der Waals surface area contributed by atoms with E-state index in [1.54, 1.807) is 19.5 Å². The molecule has 0 amide bonds. The van der Waals surface area contributed by atoms with Crippen LogP contribution in [0.3, 0.4) is 0 Å². The molecule has 0 saturated heterocycles. The number of hydrogen-bond acceptors (Lipinski definition) is 3. The molecule has 0 fully saturated rings. The molecule has 0 aliphatic rings. The highest BCUT2D eigenvalue weighted by molar-refractivity contribution is 5.69. The Hall–Kier alpha value is -3.07. The van der Waals surface area contributed by atoms with Crippen molar-refractivity contribution in [2.45, 2.75) is 6.61 Å². The van der Waals surface area contributed by atoms with Crippen LogP contribution in [0.1, 0.15) is 16.7 Å². The average Bonchev–Trinajstić information content (AvgIpc) is 2.67. The van der Waals surface area contributed by atoms with Gasteiger partial charge in [0.05, 0.1) is 7.11 Å². The number of benzene rings is 2. The quantitative estimate of drug-likeness (QED) is 0.652. The summed E-state index contributed by atoms with van der Waals surface area (Å²) in [7, 11) is 1.65. The maximum Gasteiger partial charge on any atom is 0.120 e. The Labute approximate surface area is 142 Å². The van der Waals surface area contributed by atoms with Gasteiger partial charge in [-0.25, -0.2) is 0 Å². The highest BCUT2D eigenvalue weighted by atomic mass is 16.5. The minimum atomic E-state index is 0.542. The van der Waals surface area contributed by atoms with Crippen molar-refractivity contribution >= 4 is 12.2 Å². The Morgan fingerprint density at radius 2 is 1.33 bits per heavy atom. The lowest BCUT2D eigenvalue weighted by molar-refractivity contribution is 0.305. The summed E-state index contributed by atoms with van der Waals surface area (Å²) in [4.78, 5) is 4.01. The van der Waals surface area contributed by atoms with E-state index in [1.807, 2.05) is 36.4 Å². The average molecular weight is 317 g/mol. The number of nitrogens with zero attached hydrogens (tertiary/aromatic N) is 1. The van der Waals surface area contributed by atoms with Gasteiger partial charge in [0.25, 0.3) is 0 Å². The summed E-state index contributed by atoms with van der Waals surface area (Å²) < 4.78 is 10.9. The molecule has 1 aromatic heterocycles. The molecule has 0 aliphatic heterocycles. The fraction of sp³-hybridized carbons (Fsp3) is 0.0952. The second kappa shape index (κ2) is 7.97. The molecule has 3 nitrogen and oxygen atoms in total. The standard InChI is InChI=1S/C21H19NO2/c1-23-20-8-10-21(11-9-20)24-16-19-6-4-17(5-7-19)2-3-18-12-14-22-15-13-18/h2-15H,16H2,1H3. The number of hydrogen-bond donors (Lipinski definition) is 0. The van der Waals surface area contributed by atoms with E-state index >= 15 is 0 Å². The largest absolute Gasteiger partial charge is 0.497 e. The van der Waals surface area contributed by atoms with Gasteiger partial charge in [-0.05, 0) is 53.1 Å². The zero-order chi connectivity index (χ0) is 16.6. The highest BCUT2D eigenvalue weighted by Crippen LogP contribution is 2.18. The Morgan fingerprint density at radius 3 is 1.96 bits per heavy atom. The molecule has 0 unspecified atom stereocenters. The van der Waals surface area contributed by atoms with Gasteiger partial charge in [-0.2, -0.15) is 0 Å². The van der Waals surface area contributed by atoms with E-state index in [0.717, 1.165) is 28.2 Å². The predicted molar refractivity (Wildman–Crippen MR) is 96.9 cm³/mol. The minimum absolute atomic E-state index is 0.542. The molecule has 2 aromatic carbocycles. The Bertz CT molecular complexity index is 778. The molecule has 0 N–H and O–H groups in total. The summed E-state index contributed by atoms with van der Waals surface area (Å²) in [5, 5.41) is 0. The maximum absolute atomic E-state index is 5.78.